The molecule has 0 saturated heterocycles. The van der Waals surface area contributed by atoms with Crippen molar-refractivity contribution in [1.82, 2.24) is 0 Å². The molecule has 0 radical (unpaired) electrons. The number of phenolic OH excluding ortho intramolecular Hbond substituents is 1. The molecule has 0 heterocycles. The third kappa shape index (κ3) is 2.70. The fourth-order valence-corrected chi connectivity index (χ4v) is 8.41. The van der Waals surface area contributed by atoms with Crippen LogP contribution in [0.5, 0.6) is 11.5 Å². The molecule has 2 aliphatic carbocycles. The molecule has 0 amide bonds. The fraction of sp³-hybridized carbons (Fsp3) is 0.364. The number of phenols is 1. The molecule has 5 heteroatoms. The maximum absolute atomic E-state index is 12.3. The van der Waals surface area contributed by atoms with Gasteiger partial charge in [-0.15, -0.1) is 0 Å². The summed E-state index contributed by atoms with van der Waals surface area (Å²) in [6.45, 7) is 7.64. The van der Waals surface area contributed by atoms with E-state index in [0.29, 0.717) is 0 Å². The summed E-state index contributed by atoms with van der Waals surface area (Å²) in [5.41, 5.74) is 0. The zero-order valence-electron chi connectivity index (χ0n) is 16.3. The molecule has 0 spiro atoms. The van der Waals surface area contributed by atoms with Gasteiger partial charge in [-0.3, -0.25) is 0 Å². The number of allylic oxidation sites excluding steroid dienone is 8. The zero-order chi connectivity index (χ0) is 19.9. The van der Waals surface area contributed by atoms with E-state index in [1.165, 1.54) is 12.1 Å². The second kappa shape index (κ2) is 6.34. The topological polar surface area (TPSA) is 69.9 Å². The van der Waals surface area contributed by atoms with Crippen LogP contribution in [0.2, 0.25) is 0 Å². The molecule has 0 saturated carbocycles. The van der Waals surface area contributed by atoms with Crippen LogP contribution in [0.3, 0.4) is 0 Å². The van der Waals surface area contributed by atoms with Gasteiger partial charge in [0.25, 0.3) is 0 Å². The second-order valence-corrected chi connectivity index (χ2v) is 12.1. The van der Waals surface area contributed by atoms with Gasteiger partial charge in [0.1, 0.15) is 0 Å². The van der Waals surface area contributed by atoms with Crippen LogP contribution >= 0.6 is 7.28 Å². The Labute approximate surface area is 161 Å². The molecule has 3 rings (SSSR count). The van der Waals surface area contributed by atoms with Crippen LogP contribution in [0.4, 0.5) is 0 Å². The summed E-state index contributed by atoms with van der Waals surface area (Å²) < 4.78 is 6.21. The van der Waals surface area contributed by atoms with Gasteiger partial charge in [-0.25, -0.2) is 0 Å². The van der Waals surface area contributed by atoms with E-state index in [-0.39, 0.29) is 23.3 Å². The van der Waals surface area contributed by atoms with Gasteiger partial charge < -0.3 is 0 Å². The molecule has 0 aromatic heterocycles. The standard InChI is InChI=1S/C22H29O4P/c1-17-10-5-7-14-21(17,3)27(24,25,22(4)15-8-6-11-18(22)2)26-20-13-9-12-19(23)16-20/h5-18,23-25H,1-4H3. The van der Waals surface area contributed by atoms with E-state index in [4.69, 9.17) is 4.52 Å². The van der Waals surface area contributed by atoms with Crippen molar-refractivity contribution in [3.05, 3.63) is 72.9 Å². The van der Waals surface area contributed by atoms with Gasteiger partial charge in [-0.05, 0) is 0 Å². The summed E-state index contributed by atoms with van der Waals surface area (Å²) in [6.07, 6.45) is 15.2. The van der Waals surface area contributed by atoms with Crippen molar-refractivity contribution < 1.29 is 19.4 Å². The van der Waals surface area contributed by atoms with Gasteiger partial charge in [-0.1, -0.05) is 0 Å². The van der Waals surface area contributed by atoms with Gasteiger partial charge in [-0.2, -0.15) is 0 Å². The van der Waals surface area contributed by atoms with Gasteiger partial charge >= 0.3 is 161 Å². The first kappa shape index (κ1) is 19.9. The van der Waals surface area contributed by atoms with Gasteiger partial charge in [0.2, 0.25) is 0 Å². The Bertz CT molecular complexity index is 810. The van der Waals surface area contributed by atoms with Crippen molar-refractivity contribution in [2.75, 3.05) is 0 Å². The Hall–Kier alpha value is -1.87. The molecule has 3 N–H and O–H groups in total. The molecular formula is C22H29O4P. The maximum atomic E-state index is 12.3. The van der Waals surface area contributed by atoms with Crippen molar-refractivity contribution in [1.29, 1.82) is 0 Å². The van der Waals surface area contributed by atoms with E-state index in [1.807, 2.05) is 76.3 Å². The van der Waals surface area contributed by atoms with E-state index in [1.54, 1.807) is 12.1 Å². The van der Waals surface area contributed by atoms with Crippen LogP contribution in [0.15, 0.2) is 72.9 Å². The van der Waals surface area contributed by atoms with Crippen molar-refractivity contribution in [3.8, 4) is 11.5 Å². The van der Waals surface area contributed by atoms with Gasteiger partial charge in [0.05, 0.1) is 0 Å². The van der Waals surface area contributed by atoms with Crippen LogP contribution in [0.1, 0.15) is 27.7 Å². The third-order valence-corrected chi connectivity index (χ3v) is 11.7. The van der Waals surface area contributed by atoms with E-state index < -0.39 is 17.6 Å². The molecule has 0 aliphatic heterocycles. The summed E-state index contributed by atoms with van der Waals surface area (Å²) in [5.74, 6) is -0.0578. The molecule has 4 unspecified atom stereocenters. The van der Waals surface area contributed by atoms with Crippen LogP contribution in [-0.4, -0.2) is 25.2 Å². The summed E-state index contributed by atoms with van der Waals surface area (Å²) in [6, 6.07) is 6.21. The number of hydrogen-bond donors (Lipinski definition) is 3. The number of benzene rings is 1. The Balaban J connectivity index is 2.26. The third-order valence-electron chi connectivity index (χ3n) is 6.57. The molecule has 0 bridgehead atoms. The Morgan fingerprint density at radius 1 is 0.889 bits per heavy atom. The molecule has 0 fully saturated rings. The normalized spacial score (nSPS) is 34.2. The van der Waals surface area contributed by atoms with Gasteiger partial charge in [0.15, 0.2) is 0 Å². The Kier molecular flexibility index (Phi) is 4.67. The molecule has 146 valence electrons. The summed E-state index contributed by atoms with van der Waals surface area (Å²) in [7, 11) is -4.99. The van der Waals surface area contributed by atoms with E-state index in [0.717, 1.165) is 0 Å². The van der Waals surface area contributed by atoms with E-state index in [9.17, 15) is 14.9 Å². The fourth-order valence-electron chi connectivity index (χ4n) is 4.11. The Morgan fingerprint density at radius 2 is 1.41 bits per heavy atom. The second-order valence-electron chi connectivity index (χ2n) is 8.05. The van der Waals surface area contributed by atoms with Crippen LogP contribution in [-0.2, 0) is 0 Å². The van der Waals surface area contributed by atoms with Crippen molar-refractivity contribution >= 4 is 7.28 Å². The van der Waals surface area contributed by atoms with E-state index in [2.05, 4.69) is 0 Å². The molecule has 1 aromatic rings. The quantitative estimate of drug-likeness (QED) is 0.628. The summed E-state index contributed by atoms with van der Waals surface area (Å²) in [5, 5.41) is 7.79. The first-order valence-corrected chi connectivity index (χ1v) is 11.3. The predicted molar refractivity (Wildman–Crippen MR) is 112 cm³/mol. The first-order chi connectivity index (χ1) is 12.5. The Morgan fingerprint density at radius 3 is 1.85 bits per heavy atom. The number of rotatable bonds is 4. The summed E-state index contributed by atoms with van der Waals surface area (Å²) in [4.78, 5) is 24.7. The van der Waals surface area contributed by atoms with Crippen molar-refractivity contribution in [3.63, 3.8) is 0 Å². The minimum atomic E-state index is -4.99. The predicted octanol–water partition coefficient (Wildman–Crippen LogP) is 5.10. The molecule has 4 nitrogen and oxygen atoms in total. The van der Waals surface area contributed by atoms with Gasteiger partial charge in [0, 0.05) is 0 Å². The molecule has 27 heavy (non-hydrogen) atoms. The summed E-state index contributed by atoms with van der Waals surface area (Å²) >= 11 is 0. The SMILES string of the molecule is CC1C=CC=CC1(C)P(O)(O)(Oc1cccc(O)c1)C1(C)C=CC=CC1C. The molecule has 2 aliphatic rings. The first-order valence-electron chi connectivity index (χ1n) is 9.25. The number of aromatic hydroxyl groups is 1. The minimum absolute atomic E-state index is 0.0144. The molecule has 4 atom stereocenters. The molecule has 1 aromatic carbocycles. The van der Waals surface area contributed by atoms with Crippen LogP contribution < -0.4 is 4.52 Å². The monoisotopic (exact) mass is 388 g/mol. The van der Waals surface area contributed by atoms with Crippen LogP contribution in [0.25, 0.3) is 0 Å². The van der Waals surface area contributed by atoms with Crippen molar-refractivity contribution in [2.45, 2.75) is 38.0 Å². The number of hydrogen-bond acceptors (Lipinski definition) is 4. The average Bonchev–Trinajstić information content (AvgIpc) is 2.60. The van der Waals surface area contributed by atoms with Crippen molar-refractivity contribution in [2.24, 2.45) is 11.8 Å². The molecular weight excluding hydrogens is 359 g/mol. The van der Waals surface area contributed by atoms with E-state index >= 15 is 0 Å². The zero-order valence-corrected chi connectivity index (χ0v) is 17.2. The van der Waals surface area contributed by atoms with Crippen LogP contribution in [0, 0.1) is 11.8 Å². The average molecular weight is 388 g/mol.